The van der Waals surface area contributed by atoms with Crippen LogP contribution in [-0.4, -0.2) is 48.1 Å². The van der Waals surface area contributed by atoms with Crippen LogP contribution >= 0.6 is 0 Å². The van der Waals surface area contributed by atoms with Gasteiger partial charge < -0.3 is 9.84 Å². The molecular formula is C6H9N5O3. The van der Waals surface area contributed by atoms with E-state index in [0.29, 0.717) is 13.2 Å². The SMILES string of the molecule is O=C(O)N1CCOCC1C1N=NN=N1. The summed E-state index contributed by atoms with van der Waals surface area (Å²) in [6.07, 6.45) is -1.54. The fraction of sp³-hybridized carbons (Fsp3) is 0.833. The Kier molecular flexibility index (Phi) is 2.35. The molecule has 1 unspecified atom stereocenters. The van der Waals surface area contributed by atoms with E-state index in [1.165, 1.54) is 4.90 Å². The fourth-order valence-electron chi connectivity index (χ4n) is 1.44. The van der Waals surface area contributed by atoms with Gasteiger partial charge in [-0.2, -0.15) is 0 Å². The lowest BCUT2D eigenvalue weighted by atomic mass is 10.2. The van der Waals surface area contributed by atoms with E-state index in [-0.39, 0.29) is 6.61 Å². The first kappa shape index (κ1) is 9.00. The van der Waals surface area contributed by atoms with Crippen LogP contribution in [-0.2, 0) is 4.74 Å². The Bertz CT molecular complexity index is 279. The lowest BCUT2D eigenvalue weighted by Crippen LogP contribution is -2.52. The Morgan fingerprint density at radius 1 is 1.43 bits per heavy atom. The second kappa shape index (κ2) is 3.66. The molecule has 2 aliphatic rings. The summed E-state index contributed by atoms with van der Waals surface area (Å²) in [5.41, 5.74) is 0. The minimum atomic E-state index is -0.990. The highest BCUT2D eigenvalue weighted by Crippen LogP contribution is 2.18. The van der Waals surface area contributed by atoms with Gasteiger partial charge in [-0.05, 0) is 10.4 Å². The first-order chi connectivity index (χ1) is 6.79. The zero-order valence-corrected chi connectivity index (χ0v) is 7.28. The third-order valence-corrected chi connectivity index (χ3v) is 2.14. The molecule has 8 nitrogen and oxygen atoms in total. The van der Waals surface area contributed by atoms with Crippen LogP contribution in [0.1, 0.15) is 0 Å². The first-order valence-corrected chi connectivity index (χ1v) is 4.16. The monoisotopic (exact) mass is 199 g/mol. The van der Waals surface area contributed by atoms with Crippen molar-refractivity contribution in [1.82, 2.24) is 4.90 Å². The van der Waals surface area contributed by atoms with E-state index in [9.17, 15) is 4.79 Å². The zero-order chi connectivity index (χ0) is 9.97. The van der Waals surface area contributed by atoms with Crippen LogP contribution in [0, 0.1) is 0 Å². The summed E-state index contributed by atoms with van der Waals surface area (Å²) < 4.78 is 5.17. The average molecular weight is 199 g/mol. The van der Waals surface area contributed by atoms with Crippen molar-refractivity contribution in [2.45, 2.75) is 12.2 Å². The predicted molar refractivity (Wildman–Crippen MR) is 42.8 cm³/mol. The normalized spacial score (nSPS) is 27.1. The van der Waals surface area contributed by atoms with E-state index in [2.05, 4.69) is 20.7 Å². The Morgan fingerprint density at radius 2 is 2.14 bits per heavy atom. The van der Waals surface area contributed by atoms with E-state index in [1.807, 2.05) is 0 Å². The molecule has 2 heterocycles. The van der Waals surface area contributed by atoms with Gasteiger partial charge in [-0.15, -0.1) is 10.2 Å². The molecule has 1 N–H and O–H groups in total. The lowest BCUT2D eigenvalue weighted by Gasteiger charge is -2.33. The minimum absolute atomic E-state index is 0.287. The van der Waals surface area contributed by atoms with Gasteiger partial charge in [0, 0.05) is 6.54 Å². The second-order valence-corrected chi connectivity index (χ2v) is 2.94. The van der Waals surface area contributed by atoms with Crippen LogP contribution in [0.5, 0.6) is 0 Å². The van der Waals surface area contributed by atoms with Gasteiger partial charge >= 0.3 is 6.09 Å². The van der Waals surface area contributed by atoms with Gasteiger partial charge in [0.05, 0.1) is 13.2 Å². The van der Waals surface area contributed by atoms with E-state index in [1.54, 1.807) is 0 Å². The summed E-state index contributed by atoms with van der Waals surface area (Å²) in [7, 11) is 0. The smallest absolute Gasteiger partial charge is 0.407 e. The van der Waals surface area contributed by atoms with Crippen molar-refractivity contribution >= 4 is 6.09 Å². The summed E-state index contributed by atoms with van der Waals surface area (Å²) in [5.74, 6) is 0. The van der Waals surface area contributed by atoms with E-state index in [0.717, 1.165) is 0 Å². The summed E-state index contributed by atoms with van der Waals surface area (Å²) in [6, 6.07) is -0.406. The highest BCUT2D eigenvalue weighted by molar-refractivity contribution is 5.65. The van der Waals surface area contributed by atoms with Crippen molar-refractivity contribution < 1.29 is 14.6 Å². The maximum atomic E-state index is 10.8. The number of nitrogens with zero attached hydrogens (tertiary/aromatic N) is 5. The molecule has 0 saturated carbocycles. The van der Waals surface area contributed by atoms with Crippen LogP contribution in [0.4, 0.5) is 4.79 Å². The van der Waals surface area contributed by atoms with Crippen molar-refractivity contribution in [3.63, 3.8) is 0 Å². The van der Waals surface area contributed by atoms with Gasteiger partial charge in [0.2, 0.25) is 6.17 Å². The van der Waals surface area contributed by atoms with E-state index >= 15 is 0 Å². The summed E-state index contributed by atoms with van der Waals surface area (Å²) >= 11 is 0. The third-order valence-electron chi connectivity index (χ3n) is 2.14. The number of morpholine rings is 1. The van der Waals surface area contributed by atoms with Gasteiger partial charge in [0.1, 0.15) is 6.04 Å². The molecule has 0 aromatic carbocycles. The molecule has 0 spiro atoms. The molecule has 8 heteroatoms. The Hall–Kier alpha value is -1.57. The van der Waals surface area contributed by atoms with Crippen molar-refractivity contribution in [2.24, 2.45) is 20.7 Å². The Balaban J connectivity index is 2.09. The number of ether oxygens (including phenoxy) is 1. The highest BCUT2D eigenvalue weighted by Gasteiger charge is 2.35. The molecule has 0 radical (unpaired) electrons. The molecule has 0 aromatic heterocycles. The largest absolute Gasteiger partial charge is 0.465 e. The number of carboxylic acid groups (broad SMARTS) is 1. The van der Waals surface area contributed by atoms with Gasteiger partial charge in [-0.3, -0.25) is 4.90 Å². The van der Waals surface area contributed by atoms with E-state index in [4.69, 9.17) is 9.84 Å². The molecule has 1 fully saturated rings. The Morgan fingerprint density at radius 3 is 2.79 bits per heavy atom. The molecule has 1 amide bonds. The van der Waals surface area contributed by atoms with Crippen molar-refractivity contribution in [1.29, 1.82) is 0 Å². The summed E-state index contributed by atoms with van der Waals surface area (Å²) in [5, 5.41) is 23.0. The Labute approximate surface area is 79.2 Å². The molecule has 14 heavy (non-hydrogen) atoms. The van der Waals surface area contributed by atoms with Crippen LogP contribution in [0.15, 0.2) is 20.7 Å². The fourth-order valence-corrected chi connectivity index (χ4v) is 1.44. The van der Waals surface area contributed by atoms with Crippen LogP contribution in [0.3, 0.4) is 0 Å². The average Bonchev–Trinajstić information content (AvgIpc) is 2.70. The van der Waals surface area contributed by atoms with E-state index < -0.39 is 18.3 Å². The summed E-state index contributed by atoms with van der Waals surface area (Å²) in [4.78, 5) is 12.1. The molecule has 1 saturated heterocycles. The molecule has 76 valence electrons. The first-order valence-electron chi connectivity index (χ1n) is 4.16. The molecule has 0 aromatic rings. The van der Waals surface area contributed by atoms with Crippen molar-refractivity contribution in [3.05, 3.63) is 0 Å². The van der Waals surface area contributed by atoms with Gasteiger partial charge in [0.25, 0.3) is 0 Å². The van der Waals surface area contributed by atoms with Gasteiger partial charge in [0.15, 0.2) is 0 Å². The van der Waals surface area contributed by atoms with Crippen LogP contribution in [0.2, 0.25) is 0 Å². The van der Waals surface area contributed by atoms with Crippen LogP contribution in [0.25, 0.3) is 0 Å². The third kappa shape index (κ3) is 1.55. The molecule has 2 rings (SSSR count). The molecular weight excluding hydrogens is 190 g/mol. The maximum Gasteiger partial charge on any atom is 0.407 e. The number of carbonyl (C=O) groups is 1. The second-order valence-electron chi connectivity index (χ2n) is 2.94. The molecule has 1 atom stereocenters. The maximum absolute atomic E-state index is 10.8. The summed E-state index contributed by atoms with van der Waals surface area (Å²) in [6.45, 7) is 1.03. The minimum Gasteiger partial charge on any atom is -0.465 e. The number of hydrogen-bond acceptors (Lipinski definition) is 6. The standard InChI is InChI=1S/C6H9N5O3/c12-6(13)11-1-2-14-3-4(11)5-7-9-10-8-5/h4-5H,1-3H2,(H,12,13). The molecule has 0 aliphatic carbocycles. The topological polar surface area (TPSA) is 99.2 Å². The quantitative estimate of drug-likeness (QED) is 0.666. The van der Waals surface area contributed by atoms with Gasteiger partial charge in [-0.25, -0.2) is 4.79 Å². The van der Waals surface area contributed by atoms with Crippen molar-refractivity contribution in [2.75, 3.05) is 19.8 Å². The van der Waals surface area contributed by atoms with Crippen LogP contribution < -0.4 is 0 Å². The zero-order valence-electron chi connectivity index (χ0n) is 7.28. The number of rotatable bonds is 1. The number of amides is 1. The predicted octanol–water partition coefficient (Wildman–Crippen LogP) is 0.524. The lowest BCUT2D eigenvalue weighted by molar-refractivity contribution is -0.00749. The van der Waals surface area contributed by atoms with Crippen molar-refractivity contribution in [3.8, 4) is 0 Å². The number of hydrogen-bond donors (Lipinski definition) is 1. The molecule has 2 aliphatic heterocycles. The van der Waals surface area contributed by atoms with Gasteiger partial charge in [-0.1, -0.05) is 0 Å². The molecule has 0 bridgehead atoms. The highest BCUT2D eigenvalue weighted by atomic mass is 16.5.